The van der Waals surface area contributed by atoms with Crippen molar-refractivity contribution in [2.24, 2.45) is 0 Å². The van der Waals surface area contributed by atoms with Gasteiger partial charge in [0, 0.05) is 11.6 Å². The maximum atomic E-state index is 13.1. The van der Waals surface area contributed by atoms with Crippen LogP contribution in [0.15, 0.2) is 53.1 Å². The van der Waals surface area contributed by atoms with Gasteiger partial charge in [0.05, 0.1) is 17.0 Å². The predicted molar refractivity (Wildman–Crippen MR) is 92.6 cm³/mol. The topological polar surface area (TPSA) is 92.4 Å². The molecule has 26 heavy (non-hydrogen) atoms. The molecule has 1 heterocycles. The van der Waals surface area contributed by atoms with E-state index in [4.69, 9.17) is 21.2 Å². The Hall–Kier alpha value is -3.19. The molecule has 0 bridgehead atoms. The second kappa shape index (κ2) is 7.37. The Bertz CT molecular complexity index is 970. The van der Waals surface area contributed by atoms with Gasteiger partial charge in [-0.05, 0) is 35.9 Å². The largest absolute Gasteiger partial charge is 0.478 e. The van der Waals surface area contributed by atoms with E-state index in [0.717, 1.165) is 6.07 Å². The van der Waals surface area contributed by atoms with Crippen molar-refractivity contribution in [2.75, 3.05) is 5.32 Å². The summed E-state index contributed by atoms with van der Waals surface area (Å²) >= 11 is 5.97. The van der Waals surface area contributed by atoms with Gasteiger partial charge in [-0.3, -0.25) is 10.1 Å². The van der Waals surface area contributed by atoms with Crippen LogP contribution in [0.2, 0.25) is 5.02 Å². The lowest BCUT2D eigenvalue weighted by molar-refractivity contribution is -0.115. The number of carboxylic acid groups (broad SMARTS) is 1. The number of nitrogens with zero attached hydrogens (tertiary/aromatic N) is 1. The van der Waals surface area contributed by atoms with Crippen LogP contribution in [0.5, 0.6) is 0 Å². The molecule has 0 atom stereocenters. The molecular weight excluding hydrogens is 363 g/mol. The highest BCUT2D eigenvalue weighted by Gasteiger charge is 2.13. The first kappa shape index (κ1) is 17.6. The molecular formula is C18H12ClFN2O4. The zero-order chi connectivity index (χ0) is 18.7. The van der Waals surface area contributed by atoms with Crippen molar-refractivity contribution in [3.8, 4) is 11.3 Å². The Kier molecular flexibility index (Phi) is 4.99. The summed E-state index contributed by atoms with van der Waals surface area (Å²) in [7, 11) is 0. The predicted octanol–water partition coefficient (Wildman–Crippen LogP) is 4.01. The molecule has 2 aromatic carbocycles. The highest BCUT2D eigenvalue weighted by Crippen LogP contribution is 2.29. The van der Waals surface area contributed by atoms with E-state index in [1.54, 1.807) is 12.1 Å². The Morgan fingerprint density at radius 1 is 1.15 bits per heavy atom. The minimum Gasteiger partial charge on any atom is -0.478 e. The number of nitrogens with one attached hydrogen (secondary N) is 1. The smallest absolute Gasteiger partial charge is 0.335 e. The third-order valence-electron chi connectivity index (χ3n) is 3.55. The molecule has 0 saturated carbocycles. The zero-order valence-electron chi connectivity index (χ0n) is 13.2. The van der Waals surface area contributed by atoms with Gasteiger partial charge in [-0.1, -0.05) is 28.9 Å². The number of carboxylic acids is 1. The summed E-state index contributed by atoms with van der Waals surface area (Å²) in [6, 6.07) is 11.3. The molecule has 0 saturated heterocycles. The standard InChI is InChI=1S/C18H12ClFN2O4/c19-14-8-12(20)5-6-13(14)15-9-17(26-22-15)21-16(23)7-10-1-3-11(4-2-10)18(24)25/h1-6,8-9H,7H2,(H,21,23)(H,24,25). The van der Waals surface area contributed by atoms with Gasteiger partial charge in [0.25, 0.3) is 0 Å². The normalized spacial score (nSPS) is 10.5. The zero-order valence-corrected chi connectivity index (χ0v) is 14.0. The van der Waals surface area contributed by atoms with Crippen molar-refractivity contribution in [3.05, 3.63) is 70.5 Å². The first-order chi connectivity index (χ1) is 12.4. The van der Waals surface area contributed by atoms with Gasteiger partial charge in [-0.2, -0.15) is 0 Å². The SMILES string of the molecule is O=C(Cc1ccc(C(=O)O)cc1)Nc1cc(-c2ccc(F)cc2Cl)no1. The fourth-order valence-corrected chi connectivity index (χ4v) is 2.55. The number of amides is 1. The third kappa shape index (κ3) is 4.07. The van der Waals surface area contributed by atoms with Crippen LogP contribution in [0.1, 0.15) is 15.9 Å². The number of carbonyl (C=O) groups is 2. The number of benzene rings is 2. The quantitative estimate of drug-likeness (QED) is 0.703. The summed E-state index contributed by atoms with van der Waals surface area (Å²) in [5, 5.41) is 15.4. The molecule has 0 spiro atoms. The first-order valence-corrected chi connectivity index (χ1v) is 7.84. The third-order valence-corrected chi connectivity index (χ3v) is 3.86. The average molecular weight is 375 g/mol. The number of hydrogen-bond acceptors (Lipinski definition) is 4. The van der Waals surface area contributed by atoms with Gasteiger partial charge in [0.2, 0.25) is 11.8 Å². The summed E-state index contributed by atoms with van der Waals surface area (Å²) in [5.41, 5.74) is 1.62. The Morgan fingerprint density at radius 3 is 2.54 bits per heavy atom. The highest BCUT2D eigenvalue weighted by molar-refractivity contribution is 6.33. The maximum Gasteiger partial charge on any atom is 0.335 e. The minimum absolute atomic E-state index is 0.0350. The second-order valence-corrected chi connectivity index (χ2v) is 5.83. The van der Waals surface area contributed by atoms with E-state index in [9.17, 15) is 14.0 Å². The summed E-state index contributed by atoms with van der Waals surface area (Å²) in [6.07, 6.45) is 0.0350. The number of aromatic carboxylic acids is 1. The lowest BCUT2D eigenvalue weighted by atomic mass is 10.1. The second-order valence-electron chi connectivity index (χ2n) is 5.43. The van der Waals surface area contributed by atoms with Crippen molar-refractivity contribution >= 4 is 29.4 Å². The molecule has 0 unspecified atom stereocenters. The summed E-state index contributed by atoms with van der Waals surface area (Å²) in [5.74, 6) is -1.74. The summed E-state index contributed by atoms with van der Waals surface area (Å²) < 4.78 is 18.1. The molecule has 132 valence electrons. The molecule has 0 aliphatic rings. The number of halogens is 2. The van der Waals surface area contributed by atoms with Crippen LogP contribution in [-0.4, -0.2) is 22.1 Å². The monoisotopic (exact) mass is 374 g/mol. The van der Waals surface area contributed by atoms with Gasteiger partial charge in [0.15, 0.2) is 0 Å². The van der Waals surface area contributed by atoms with E-state index in [1.807, 2.05) is 0 Å². The van der Waals surface area contributed by atoms with E-state index < -0.39 is 11.8 Å². The van der Waals surface area contributed by atoms with E-state index in [-0.39, 0.29) is 28.8 Å². The van der Waals surface area contributed by atoms with Gasteiger partial charge in [-0.15, -0.1) is 0 Å². The van der Waals surface area contributed by atoms with Gasteiger partial charge >= 0.3 is 5.97 Å². The summed E-state index contributed by atoms with van der Waals surface area (Å²) in [4.78, 5) is 22.9. The van der Waals surface area contributed by atoms with E-state index >= 15 is 0 Å². The summed E-state index contributed by atoms with van der Waals surface area (Å²) in [6.45, 7) is 0. The van der Waals surface area contributed by atoms with E-state index in [0.29, 0.717) is 16.8 Å². The lowest BCUT2D eigenvalue weighted by Crippen LogP contribution is -2.14. The maximum absolute atomic E-state index is 13.1. The average Bonchev–Trinajstić information content (AvgIpc) is 3.03. The fourth-order valence-electron chi connectivity index (χ4n) is 2.29. The number of hydrogen-bond donors (Lipinski definition) is 2. The van der Waals surface area contributed by atoms with Crippen LogP contribution < -0.4 is 5.32 Å². The van der Waals surface area contributed by atoms with Crippen molar-refractivity contribution in [3.63, 3.8) is 0 Å². The van der Waals surface area contributed by atoms with Crippen LogP contribution in [0.25, 0.3) is 11.3 Å². The molecule has 0 fully saturated rings. The number of aromatic nitrogens is 1. The first-order valence-electron chi connectivity index (χ1n) is 7.46. The number of rotatable bonds is 5. The van der Waals surface area contributed by atoms with Crippen LogP contribution in [0.3, 0.4) is 0 Å². The Morgan fingerprint density at radius 2 is 1.88 bits per heavy atom. The molecule has 6 nitrogen and oxygen atoms in total. The van der Waals surface area contributed by atoms with Crippen molar-refractivity contribution in [1.82, 2.24) is 5.16 Å². The van der Waals surface area contributed by atoms with Crippen LogP contribution in [-0.2, 0) is 11.2 Å². The molecule has 0 radical (unpaired) electrons. The molecule has 3 rings (SSSR count). The lowest BCUT2D eigenvalue weighted by Gasteiger charge is -2.02. The molecule has 0 aliphatic heterocycles. The molecule has 8 heteroatoms. The van der Waals surface area contributed by atoms with Crippen molar-refractivity contribution in [2.45, 2.75) is 6.42 Å². The fraction of sp³-hybridized carbons (Fsp3) is 0.0556. The van der Waals surface area contributed by atoms with Crippen molar-refractivity contribution < 1.29 is 23.6 Å². The van der Waals surface area contributed by atoms with Gasteiger partial charge in [0.1, 0.15) is 11.5 Å². The Labute approximate surface area is 152 Å². The minimum atomic E-state index is -1.03. The van der Waals surface area contributed by atoms with Crippen LogP contribution in [0, 0.1) is 5.82 Å². The van der Waals surface area contributed by atoms with Crippen LogP contribution >= 0.6 is 11.6 Å². The van der Waals surface area contributed by atoms with Gasteiger partial charge in [-0.25, -0.2) is 9.18 Å². The molecule has 1 amide bonds. The molecule has 3 aromatic rings. The Balaban J connectivity index is 1.66. The van der Waals surface area contributed by atoms with E-state index in [2.05, 4.69) is 10.5 Å². The van der Waals surface area contributed by atoms with Gasteiger partial charge < -0.3 is 9.63 Å². The van der Waals surface area contributed by atoms with E-state index in [1.165, 1.54) is 30.3 Å². The van der Waals surface area contributed by atoms with Crippen LogP contribution in [0.4, 0.5) is 10.3 Å². The number of anilines is 1. The highest BCUT2D eigenvalue weighted by atomic mass is 35.5. The number of carbonyl (C=O) groups excluding carboxylic acids is 1. The molecule has 0 aliphatic carbocycles. The van der Waals surface area contributed by atoms with Crippen molar-refractivity contribution in [1.29, 1.82) is 0 Å². The molecule has 2 N–H and O–H groups in total. The molecule has 1 aromatic heterocycles.